The second-order valence-electron chi connectivity index (χ2n) is 9.52. The molecular formula is C25H31N5O3. The largest absolute Gasteiger partial charge is 0.371 e. The third-order valence-electron chi connectivity index (χ3n) is 6.32. The molecular weight excluding hydrogens is 418 g/mol. The number of hydrogen-bond acceptors (Lipinski definition) is 5. The summed E-state index contributed by atoms with van der Waals surface area (Å²) in [7, 11) is 0. The molecule has 8 heteroatoms. The molecule has 0 saturated carbocycles. The number of benzene rings is 2. The molecule has 2 saturated heterocycles. The zero-order valence-electron chi connectivity index (χ0n) is 19.1. The summed E-state index contributed by atoms with van der Waals surface area (Å²) in [4.78, 5) is 37.4. The van der Waals surface area contributed by atoms with Crippen LogP contribution in [0, 0.1) is 5.41 Å². The van der Waals surface area contributed by atoms with Crippen molar-refractivity contribution in [1.82, 2.24) is 16.0 Å². The lowest BCUT2D eigenvalue weighted by Gasteiger charge is -2.38. The minimum Gasteiger partial charge on any atom is -0.371 e. The van der Waals surface area contributed by atoms with Gasteiger partial charge in [-0.25, -0.2) is 4.79 Å². The van der Waals surface area contributed by atoms with Gasteiger partial charge in [0.05, 0.1) is 6.42 Å². The minimum atomic E-state index is -0.841. The summed E-state index contributed by atoms with van der Waals surface area (Å²) in [5, 5.41) is 10.7. The van der Waals surface area contributed by atoms with Crippen molar-refractivity contribution < 1.29 is 14.4 Å². The highest BCUT2D eigenvalue weighted by Crippen LogP contribution is 2.32. The zero-order valence-corrected chi connectivity index (χ0v) is 19.1. The fourth-order valence-electron chi connectivity index (χ4n) is 4.08. The van der Waals surface area contributed by atoms with Gasteiger partial charge in [0.25, 0.3) is 0 Å². The Morgan fingerprint density at radius 3 is 2.21 bits per heavy atom. The van der Waals surface area contributed by atoms with E-state index in [1.54, 1.807) is 0 Å². The Labute approximate surface area is 194 Å². The summed E-state index contributed by atoms with van der Waals surface area (Å²) in [5.41, 5.74) is 4.59. The van der Waals surface area contributed by atoms with Crippen LogP contribution in [0.1, 0.15) is 38.7 Å². The fraction of sp³-hybridized carbons (Fsp3) is 0.400. The van der Waals surface area contributed by atoms with Gasteiger partial charge in [0, 0.05) is 36.7 Å². The van der Waals surface area contributed by atoms with Crippen LogP contribution in [0.25, 0.3) is 0 Å². The Hall–Kier alpha value is -3.55. The number of hydrogen-bond donors (Lipinski definition) is 4. The van der Waals surface area contributed by atoms with Gasteiger partial charge in [-0.2, -0.15) is 0 Å². The van der Waals surface area contributed by atoms with E-state index in [0.29, 0.717) is 12.0 Å². The lowest BCUT2D eigenvalue weighted by atomic mass is 9.82. The van der Waals surface area contributed by atoms with Crippen molar-refractivity contribution in [1.29, 1.82) is 0 Å². The van der Waals surface area contributed by atoms with Crippen LogP contribution in [0.4, 0.5) is 21.9 Å². The van der Waals surface area contributed by atoms with Gasteiger partial charge in [0.2, 0.25) is 11.8 Å². The average molecular weight is 450 g/mol. The highest BCUT2D eigenvalue weighted by molar-refractivity contribution is 6.02. The molecule has 0 aliphatic carbocycles. The van der Waals surface area contributed by atoms with Gasteiger partial charge in [-0.15, -0.1) is 0 Å². The number of carbonyl (C=O) groups is 3. The SMILES string of the molecule is CC1(C)CCN(c2ccc(Nc3ccc(CNC(=O)[C@@H]4CC(=O)NC(=O)N4)cc3)cc2)CC1. The van der Waals surface area contributed by atoms with Gasteiger partial charge in [0.1, 0.15) is 6.04 Å². The van der Waals surface area contributed by atoms with Crippen LogP contribution in [0.15, 0.2) is 48.5 Å². The third kappa shape index (κ3) is 6.03. The van der Waals surface area contributed by atoms with Crippen molar-refractivity contribution >= 4 is 34.9 Å². The van der Waals surface area contributed by atoms with E-state index in [-0.39, 0.29) is 12.3 Å². The van der Waals surface area contributed by atoms with Crippen molar-refractivity contribution in [2.45, 2.75) is 45.7 Å². The zero-order chi connectivity index (χ0) is 23.4. The summed E-state index contributed by atoms with van der Waals surface area (Å²) in [6.07, 6.45) is 2.36. The molecule has 2 aliphatic rings. The molecule has 174 valence electrons. The molecule has 2 aromatic rings. The number of nitrogens with zero attached hydrogens (tertiary/aromatic N) is 1. The van der Waals surface area contributed by atoms with E-state index in [4.69, 9.17) is 0 Å². The Morgan fingerprint density at radius 1 is 1.00 bits per heavy atom. The lowest BCUT2D eigenvalue weighted by Crippen LogP contribution is -2.57. The van der Waals surface area contributed by atoms with Crippen molar-refractivity contribution in [2.24, 2.45) is 5.41 Å². The van der Waals surface area contributed by atoms with Gasteiger partial charge < -0.3 is 20.9 Å². The van der Waals surface area contributed by atoms with E-state index >= 15 is 0 Å². The topological polar surface area (TPSA) is 103 Å². The van der Waals surface area contributed by atoms with Crippen molar-refractivity contribution in [3.63, 3.8) is 0 Å². The molecule has 2 aliphatic heterocycles. The molecule has 0 radical (unpaired) electrons. The van der Waals surface area contributed by atoms with Crippen LogP contribution >= 0.6 is 0 Å². The molecule has 4 N–H and O–H groups in total. The first-order valence-corrected chi connectivity index (χ1v) is 11.4. The lowest BCUT2D eigenvalue weighted by molar-refractivity contribution is -0.128. The standard InChI is InChI=1S/C25H31N5O3/c1-25(2)11-13-30(14-12-25)20-9-7-19(8-10-20)27-18-5-3-17(4-6-18)16-26-23(32)21-15-22(31)29-24(33)28-21/h3-10,21,27H,11-16H2,1-2H3,(H,26,32)(H2,28,29,31,33)/t21-/m0/s1. The third-order valence-corrected chi connectivity index (χ3v) is 6.32. The molecule has 0 spiro atoms. The van der Waals surface area contributed by atoms with Crippen LogP contribution in [-0.4, -0.2) is 37.0 Å². The first kappa shape index (κ1) is 22.6. The maximum atomic E-state index is 12.2. The number of anilines is 3. The van der Waals surface area contributed by atoms with E-state index in [1.165, 1.54) is 18.5 Å². The first-order valence-electron chi connectivity index (χ1n) is 11.4. The number of imide groups is 1. The highest BCUT2D eigenvalue weighted by atomic mass is 16.2. The van der Waals surface area contributed by atoms with Crippen molar-refractivity contribution in [2.75, 3.05) is 23.3 Å². The Kier molecular flexibility index (Phi) is 6.53. The molecule has 33 heavy (non-hydrogen) atoms. The molecule has 4 rings (SSSR count). The van der Waals surface area contributed by atoms with E-state index in [2.05, 4.69) is 64.3 Å². The summed E-state index contributed by atoms with van der Waals surface area (Å²) in [5.74, 6) is -0.833. The average Bonchev–Trinajstić information content (AvgIpc) is 2.78. The molecule has 2 fully saturated rings. The van der Waals surface area contributed by atoms with Crippen molar-refractivity contribution in [3.05, 3.63) is 54.1 Å². The number of amides is 4. The molecule has 2 heterocycles. The van der Waals surface area contributed by atoms with E-state index in [0.717, 1.165) is 30.0 Å². The molecule has 1 atom stereocenters. The molecule has 2 aromatic carbocycles. The van der Waals surface area contributed by atoms with Gasteiger partial charge in [-0.05, 0) is 60.2 Å². The monoisotopic (exact) mass is 449 g/mol. The van der Waals surface area contributed by atoms with Gasteiger partial charge in [0.15, 0.2) is 0 Å². The highest BCUT2D eigenvalue weighted by Gasteiger charge is 2.29. The predicted octanol–water partition coefficient (Wildman–Crippen LogP) is 3.27. The maximum Gasteiger partial charge on any atom is 0.322 e. The second kappa shape index (κ2) is 9.52. The summed E-state index contributed by atoms with van der Waals surface area (Å²) in [6, 6.07) is 14.8. The van der Waals surface area contributed by atoms with Gasteiger partial charge in [-0.1, -0.05) is 26.0 Å². The van der Waals surface area contributed by atoms with Crippen LogP contribution in [-0.2, 0) is 16.1 Å². The number of rotatable bonds is 6. The quantitative estimate of drug-likeness (QED) is 0.542. The molecule has 0 aromatic heterocycles. The minimum absolute atomic E-state index is 0.0605. The van der Waals surface area contributed by atoms with E-state index < -0.39 is 18.0 Å². The normalized spacial score (nSPS) is 19.9. The number of nitrogens with one attached hydrogen (secondary N) is 4. The van der Waals surface area contributed by atoms with Gasteiger partial charge >= 0.3 is 6.03 Å². The van der Waals surface area contributed by atoms with Gasteiger partial charge in [-0.3, -0.25) is 14.9 Å². The smallest absolute Gasteiger partial charge is 0.322 e. The predicted molar refractivity (Wildman–Crippen MR) is 128 cm³/mol. The Morgan fingerprint density at radius 2 is 1.61 bits per heavy atom. The molecule has 8 nitrogen and oxygen atoms in total. The number of carbonyl (C=O) groups excluding carboxylic acids is 3. The second-order valence-corrected chi connectivity index (χ2v) is 9.52. The van der Waals surface area contributed by atoms with Crippen LogP contribution in [0.2, 0.25) is 0 Å². The Balaban J connectivity index is 1.27. The van der Waals surface area contributed by atoms with Crippen LogP contribution < -0.4 is 26.2 Å². The molecule has 4 amide bonds. The van der Waals surface area contributed by atoms with Crippen LogP contribution in [0.3, 0.4) is 0 Å². The Bertz CT molecular complexity index is 991. The van der Waals surface area contributed by atoms with Crippen molar-refractivity contribution in [3.8, 4) is 0 Å². The summed E-state index contributed by atoms with van der Waals surface area (Å²) >= 11 is 0. The first-order chi connectivity index (χ1) is 15.8. The number of urea groups is 1. The summed E-state index contributed by atoms with van der Waals surface area (Å²) in [6.45, 7) is 7.18. The maximum absolute atomic E-state index is 12.2. The van der Waals surface area contributed by atoms with Crippen LogP contribution in [0.5, 0.6) is 0 Å². The fourth-order valence-corrected chi connectivity index (χ4v) is 4.08. The summed E-state index contributed by atoms with van der Waals surface area (Å²) < 4.78 is 0. The molecule has 0 bridgehead atoms. The van der Waals surface area contributed by atoms with E-state index in [9.17, 15) is 14.4 Å². The number of piperidine rings is 1. The van der Waals surface area contributed by atoms with E-state index in [1.807, 2.05) is 24.3 Å². The molecule has 0 unspecified atom stereocenters.